The van der Waals surface area contributed by atoms with Gasteiger partial charge in [-0.15, -0.1) is 0 Å². The highest BCUT2D eigenvalue weighted by molar-refractivity contribution is 7.87. The minimum Gasteiger partial charge on any atom is -0.495 e. The molecule has 0 saturated carbocycles. The summed E-state index contributed by atoms with van der Waals surface area (Å²) in [6.45, 7) is 1.71. The third kappa shape index (κ3) is 3.17. The molecular formula is C14H13NO6S. The minimum absolute atomic E-state index is 0.150. The summed E-state index contributed by atoms with van der Waals surface area (Å²) < 4.78 is 34.7. The van der Waals surface area contributed by atoms with Gasteiger partial charge >= 0.3 is 10.1 Å². The molecule has 0 radical (unpaired) electrons. The Morgan fingerprint density at radius 2 is 1.77 bits per heavy atom. The average molecular weight is 323 g/mol. The van der Waals surface area contributed by atoms with Crippen LogP contribution in [0.3, 0.4) is 0 Å². The maximum Gasteiger partial charge on any atom is 0.342 e. The Kier molecular flexibility index (Phi) is 4.32. The molecule has 0 spiro atoms. The van der Waals surface area contributed by atoms with Crippen LogP contribution in [0.2, 0.25) is 0 Å². The number of benzene rings is 2. The molecule has 0 saturated heterocycles. The molecule has 0 N–H and O–H groups in total. The zero-order valence-corrected chi connectivity index (χ0v) is 12.7. The van der Waals surface area contributed by atoms with Crippen molar-refractivity contribution in [3.05, 3.63) is 58.1 Å². The summed E-state index contributed by atoms with van der Waals surface area (Å²) in [6.07, 6.45) is 0. The van der Waals surface area contributed by atoms with E-state index in [-0.39, 0.29) is 22.1 Å². The monoisotopic (exact) mass is 323 g/mol. The molecule has 0 unspecified atom stereocenters. The van der Waals surface area contributed by atoms with Gasteiger partial charge in [-0.2, -0.15) is 8.42 Å². The number of hydrogen-bond donors (Lipinski definition) is 0. The highest BCUT2D eigenvalue weighted by atomic mass is 32.2. The first-order valence-electron chi connectivity index (χ1n) is 6.17. The molecule has 0 amide bonds. The number of nitro benzene ring substituents is 1. The number of nitrogens with zero attached hydrogens (tertiary/aromatic N) is 1. The van der Waals surface area contributed by atoms with Crippen molar-refractivity contribution in [2.45, 2.75) is 11.8 Å². The van der Waals surface area contributed by atoms with Crippen molar-refractivity contribution in [2.75, 3.05) is 7.11 Å². The van der Waals surface area contributed by atoms with E-state index in [9.17, 15) is 18.5 Å². The maximum absolute atomic E-state index is 12.3. The number of ether oxygens (including phenoxy) is 1. The standard InChI is InChI=1S/C14H13NO6S/c1-10-5-3-4-6-12(10)21-22(18,19)14-8-7-11(15(16)17)9-13(14)20-2/h3-9H,1-2H3. The number of methoxy groups -OCH3 is 1. The zero-order chi connectivity index (χ0) is 16.3. The predicted octanol–water partition coefficient (Wildman–Crippen LogP) is 2.68. The first-order valence-corrected chi connectivity index (χ1v) is 7.58. The van der Waals surface area contributed by atoms with E-state index >= 15 is 0 Å². The summed E-state index contributed by atoms with van der Waals surface area (Å²) in [7, 11) is -2.94. The van der Waals surface area contributed by atoms with Crippen molar-refractivity contribution in [2.24, 2.45) is 0 Å². The largest absolute Gasteiger partial charge is 0.495 e. The lowest BCUT2D eigenvalue weighted by Gasteiger charge is -2.11. The van der Waals surface area contributed by atoms with E-state index in [1.54, 1.807) is 25.1 Å². The zero-order valence-electron chi connectivity index (χ0n) is 11.8. The van der Waals surface area contributed by atoms with Gasteiger partial charge in [-0.25, -0.2) is 0 Å². The fourth-order valence-corrected chi connectivity index (χ4v) is 2.93. The van der Waals surface area contributed by atoms with Crippen molar-refractivity contribution < 1.29 is 22.3 Å². The molecule has 0 bridgehead atoms. The summed E-state index contributed by atoms with van der Waals surface area (Å²) in [5, 5.41) is 10.7. The van der Waals surface area contributed by atoms with Crippen molar-refractivity contribution in [1.82, 2.24) is 0 Å². The van der Waals surface area contributed by atoms with Crippen LogP contribution in [0.25, 0.3) is 0 Å². The molecule has 116 valence electrons. The van der Waals surface area contributed by atoms with E-state index < -0.39 is 15.0 Å². The molecular weight excluding hydrogens is 310 g/mol. The molecule has 7 nitrogen and oxygen atoms in total. The molecule has 0 aliphatic rings. The van der Waals surface area contributed by atoms with E-state index in [4.69, 9.17) is 8.92 Å². The molecule has 2 rings (SSSR count). The van der Waals surface area contributed by atoms with E-state index in [2.05, 4.69) is 0 Å². The van der Waals surface area contributed by atoms with Crippen LogP contribution in [-0.4, -0.2) is 20.5 Å². The maximum atomic E-state index is 12.3. The lowest BCUT2D eigenvalue weighted by Crippen LogP contribution is -2.12. The summed E-state index contributed by atoms with van der Waals surface area (Å²) in [5.41, 5.74) is 0.374. The van der Waals surface area contributed by atoms with Crippen LogP contribution in [0.4, 0.5) is 5.69 Å². The Labute approximate surface area is 127 Å². The van der Waals surface area contributed by atoms with Crippen LogP contribution in [0.1, 0.15) is 5.56 Å². The highest BCUT2D eigenvalue weighted by Gasteiger charge is 2.24. The van der Waals surface area contributed by atoms with Gasteiger partial charge in [0.2, 0.25) is 0 Å². The number of rotatable bonds is 5. The van der Waals surface area contributed by atoms with Crippen molar-refractivity contribution in [3.8, 4) is 11.5 Å². The lowest BCUT2D eigenvalue weighted by atomic mass is 10.2. The van der Waals surface area contributed by atoms with E-state index in [1.807, 2.05) is 0 Å². The summed E-state index contributed by atoms with van der Waals surface area (Å²) in [4.78, 5) is 9.82. The molecule has 0 aromatic heterocycles. The average Bonchev–Trinajstić information content (AvgIpc) is 2.48. The van der Waals surface area contributed by atoms with Gasteiger partial charge in [-0.1, -0.05) is 18.2 Å². The number of nitro groups is 1. The normalized spacial score (nSPS) is 11.0. The minimum atomic E-state index is -4.17. The molecule has 2 aromatic rings. The van der Waals surface area contributed by atoms with Gasteiger partial charge < -0.3 is 8.92 Å². The fourth-order valence-electron chi connectivity index (χ4n) is 1.79. The second-order valence-corrected chi connectivity index (χ2v) is 5.91. The Morgan fingerprint density at radius 3 is 2.36 bits per heavy atom. The van der Waals surface area contributed by atoms with E-state index in [0.717, 1.165) is 18.2 Å². The molecule has 2 aromatic carbocycles. The number of para-hydroxylation sites is 1. The molecule has 8 heteroatoms. The van der Waals surface area contributed by atoms with E-state index in [0.29, 0.717) is 5.56 Å². The summed E-state index contributed by atoms with van der Waals surface area (Å²) in [6, 6.07) is 9.82. The van der Waals surface area contributed by atoms with E-state index in [1.165, 1.54) is 13.2 Å². The number of non-ortho nitro benzene ring substituents is 1. The van der Waals surface area contributed by atoms with Gasteiger partial charge in [0.05, 0.1) is 18.1 Å². The molecule has 0 atom stereocenters. The second-order valence-electron chi connectivity index (χ2n) is 4.40. The Bertz CT molecular complexity index is 816. The van der Waals surface area contributed by atoms with Crippen LogP contribution in [0.15, 0.2) is 47.4 Å². The Morgan fingerprint density at radius 1 is 1.09 bits per heavy atom. The first-order chi connectivity index (χ1) is 10.3. The van der Waals surface area contributed by atoms with Crippen LogP contribution in [0, 0.1) is 17.0 Å². The van der Waals surface area contributed by atoms with Crippen molar-refractivity contribution >= 4 is 15.8 Å². The van der Waals surface area contributed by atoms with Gasteiger partial charge in [0.1, 0.15) is 16.4 Å². The van der Waals surface area contributed by atoms with Crippen molar-refractivity contribution in [1.29, 1.82) is 0 Å². The number of aryl methyl sites for hydroxylation is 1. The van der Waals surface area contributed by atoms with Crippen LogP contribution < -0.4 is 8.92 Å². The molecule has 0 fully saturated rings. The lowest BCUT2D eigenvalue weighted by molar-refractivity contribution is -0.385. The van der Waals surface area contributed by atoms with Gasteiger partial charge in [0.25, 0.3) is 5.69 Å². The predicted molar refractivity (Wildman–Crippen MR) is 78.6 cm³/mol. The van der Waals surface area contributed by atoms with Crippen LogP contribution >= 0.6 is 0 Å². The van der Waals surface area contributed by atoms with Gasteiger partial charge in [0, 0.05) is 6.07 Å². The molecule has 0 heterocycles. The van der Waals surface area contributed by atoms with Gasteiger partial charge in [0.15, 0.2) is 0 Å². The third-order valence-electron chi connectivity index (χ3n) is 2.92. The highest BCUT2D eigenvalue weighted by Crippen LogP contribution is 2.31. The van der Waals surface area contributed by atoms with Crippen molar-refractivity contribution in [3.63, 3.8) is 0 Å². The first kappa shape index (κ1) is 15.8. The topological polar surface area (TPSA) is 95.7 Å². The Balaban J connectivity index is 2.45. The summed E-state index contributed by atoms with van der Waals surface area (Å²) >= 11 is 0. The second kappa shape index (κ2) is 6.02. The summed E-state index contributed by atoms with van der Waals surface area (Å²) in [5.74, 6) is 0.0330. The molecule has 0 aliphatic heterocycles. The fraction of sp³-hybridized carbons (Fsp3) is 0.143. The van der Waals surface area contributed by atoms with Gasteiger partial charge in [-0.05, 0) is 24.6 Å². The molecule has 22 heavy (non-hydrogen) atoms. The SMILES string of the molecule is COc1cc([N+](=O)[O-])ccc1S(=O)(=O)Oc1ccccc1C. The van der Waals surface area contributed by atoms with Gasteiger partial charge in [-0.3, -0.25) is 10.1 Å². The Hall–Kier alpha value is -2.61. The third-order valence-corrected chi connectivity index (χ3v) is 4.20. The molecule has 0 aliphatic carbocycles. The smallest absolute Gasteiger partial charge is 0.342 e. The van der Waals surface area contributed by atoms with Crippen LogP contribution in [0.5, 0.6) is 11.5 Å². The number of hydrogen-bond acceptors (Lipinski definition) is 6. The van der Waals surface area contributed by atoms with Crippen LogP contribution in [-0.2, 0) is 10.1 Å². The quantitative estimate of drug-likeness (QED) is 0.477.